The van der Waals surface area contributed by atoms with E-state index in [2.05, 4.69) is 64.9 Å². The number of thiazole rings is 1. The summed E-state index contributed by atoms with van der Waals surface area (Å²) < 4.78 is 2.99. The Morgan fingerprint density at radius 3 is 2.61 bits per heavy atom. The van der Waals surface area contributed by atoms with Gasteiger partial charge in [-0.3, -0.25) is 14.4 Å². The lowest BCUT2D eigenvalue weighted by atomic mass is 9.97. The number of rotatable bonds is 6. The van der Waals surface area contributed by atoms with E-state index in [1.165, 1.54) is 9.25 Å². The molecule has 0 saturated carbocycles. The topological polar surface area (TPSA) is 120 Å². The maximum absolute atomic E-state index is 13.2. The smallest absolute Gasteiger partial charge is 0.271 e. The average Bonchev–Trinajstić information content (AvgIpc) is 3.51. The van der Waals surface area contributed by atoms with Crippen LogP contribution < -0.4 is 10.5 Å². The molecular formula is C27H31N9OS. The Balaban J connectivity index is 1.57. The second kappa shape index (κ2) is 10.2. The van der Waals surface area contributed by atoms with Gasteiger partial charge in [0.25, 0.3) is 5.56 Å². The van der Waals surface area contributed by atoms with Gasteiger partial charge in [-0.15, -0.1) is 0 Å². The van der Waals surface area contributed by atoms with Gasteiger partial charge in [-0.05, 0) is 38.8 Å². The summed E-state index contributed by atoms with van der Waals surface area (Å²) >= 11 is 1.61. The van der Waals surface area contributed by atoms with E-state index in [4.69, 9.17) is 4.98 Å². The van der Waals surface area contributed by atoms with Crippen molar-refractivity contribution in [2.75, 3.05) is 18.0 Å². The summed E-state index contributed by atoms with van der Waals surface area (Å²) in [5.41, 5.74) is 3.50. The van der Waals surface area contributed by atoms with Crippen LogP contribution in [0.25, 0.3) is 21.4 Å². The molecule has 0 spiro atoms. The molecule has 5 heterocycles. The summed E-state index contributed by atoms with van der Waals surface area (Å²) in [4.78, 5) is 28.4. The van der Waals surface area contributed by atoms with E-state index in [1.807, 2.05) is 6.92 Å². The SMILES string of the molecule is CC[C@H]1CN([C@H](C)c2ccc3nc(C)sc3n2)[C@H](CC)CN1c1c(C#N)c(=O)n(C)c2cn(CC#N)nc12. The molecule has 11 heteroatoms. The van der Waals surface area contributed by atoms with Crippen LogP contribution >= 0.6 is 11.3 Å². The number of nitrogens with zero attached hydrogens (tertiary/aromatic N) is 9. The van der Waals surface area contributed by atoms with Crippen LogP contribution in [0.4, 0.5) is 5.69 Å². The first kappa shape index (κ1) is 25.8. The maximum Gasteiger partial charge on any atom is 0.271 e. The fraction of sp³-hybridized carbons (Fsp3) is 0.481. The molecular weight excluding hydrogens is 498 g/mol. The molecule has 0 aliphatic carbocycles. The number of fused-ring (bicyclic) bond motifs is 2. The van der Waals surface area contributed by atoms with Crippen molar-refractivity contribution >= 4 is 38.4 Å². The zero-order valence-electron chi connectivity index (χ0n) is 22.3. The van der Waals surface area contributed by atoms with Crippen molar-refractivity contribution in [1.82, 2.24) is 29.2 Å². The van der Waals surface area contributed by atoms with Crippen LogP contribution in [-0.2, 0) is 13.6 Å². The van der Waals surface area contributed by atoms with Crippen molar-refractivity contribution in [2.24, 2.45) is 7.05 Å². The molecule has 1 aliphatic heterocycles. The number of nitriles is 2. The molecule has 4 aromatic rings. The summed E-state index contributed by atoms with van der Waals surface area (Å²) in [5, 5.41) is 25.0. The van der Waals surface area contributed by atoms with Gasteiger partial charge < -0.3 is 9.47 Å². The zero-order valence-corrected chi connectivity index (χ0v) is 23.2. The highest BCUT2D eigenvalue weighted by atomic mass is 32.1. The standard InChI is InChI=1S/C27H31N9OS/c1-6-18-14-36(25-20(12-29)27(37)33(5)23-15-34(11-10-28)32-24(23)25)19(7-2)13-35(18)16(3)21-8-9-22-26(31-21)38-17(4)30-22/h8-9,15-16,18-19H,6-7,11,13-14H2,1-5H3/t16-,18-,19+/m1/s1. The highest BCUT2D eigenvalue weighted by molar-refractivity contribution is 7.18. The third-order valence-electron chi connectivity index (χ3n) is 7.71. The molecule has 0 bridgehead atoms. The Morgan fingerprint density at radius 1 is 1.16 bits per heavy atom. The summed E-state index contributed by atoms with van der Waals surface area (Å²) in [7, 11) is 1.65. The van der Waals surface area contributed by atoms with Gasteiger partial charge in [0, 0.05) is 38.3 Å². The molecule has 5 rings (SSSR count). The molecule has 0 amide bonds. The number of aromatic nitrogens is 5. The summed E-state index contributed by atoms with van der Waals surface area (Å²) in [5.74, 6) is 0. The van der Waals surface area contributed by atoms with Gasteiger partial charge in [-0.1, -0.05) is 25.2 Å². The Bertz CT molecular complexity index is 1650. The van der Waals surface area contributed by atoms with Crippen LogP contribution in [0, 0.1) is 29.6 Å². The lowest BCUT2D eigenvalue weighted by Gasteiger charge is -2.49. The van der Waals surface area contributed by atoms with Gasteiger partial charge in [0.15, 0.2) is 0 Å². The zero-order chi connectivity index (χ0) is 27.1. The van der Waals surface area contributed by atoms with Crippen LogP contribution in [0.2, 0.25) is 0 Å². The Hall–Kier alpha value is -3.80. The highest BCUT2D eigenvalue weighted by Gasteiger charge is 2.38. The van der Waals surface area contributed by atoms with Crippen LogP contribution in [0.1, 0.15) is 55.9 Å². The van der Waals surface area contributed by atoms with Crippen molar-refractivity contribution in [1.29, 1.82) is 10.5 Å². The number of anilines is 1. The molecule has 196 valence electrons. The Morgan fingerprint density at radius 2 is 1.92 bits per heavy atom. The van der Waals surface area contributed by atoms with E-state index in [-0.39, 0.29) is 35.8 Å². The van der Waals surface area contributed by atoms with Crippen LogP contribution in [0.5, 0.6) is 0 Å². The monoisotopic (exact) mass is 529 g/mol. The van der Waals surface area contributed by atoms with E-state index in [1.54, 1.807) is 24.6 Å². The van der Waals surface area contributed by atoms with E-state index in [9.17, 15) is 15.3 Å². The van der Waals surface area contributed by atoms with Gasteiger partial charge in [-0.2, -0.15) is 15.6 Å². The summed E-state index contributed by atoms with van der Waals surface area (Å²) in [6.07, 6.45) is 3.45. The molecule has 0 unspecified atom stereocenters. The van der Waals surface area contributed by atoms with Crippen LogP contribution in [0.15, 0.2) is 23.1 Å². The third kappa shape index (κ3) is 4.22. The molecule has 10 nitrogen and oxygen atoms in total. The summed E-state index contributed by atoms with van der Waals surface area (Å²) in [6.45, 7) is 10.00. The van der Waals surface area contributed by atoms with E-state index in [0.29, 0.717) is 23.3 Å². The normalized spacial score (nSPS) is 19.1. The lowest BCUT2D eigenvalue weighted by Crippen LogP contribution is -2.59. The molecule has 0 radical (unpaired) electrons. The van der Waals surface area contributed by atoms with Crippen molar-refractivity contribution in [3.8, 4) is 12.1 Å². The second-order valence-corrected chi connectivity index (χ2v) is 11.0. The fourth-order valence-corrected chi connectivity index (χ4v) is 6.42. The highest BCUT2D eigenvalue weighted by Crippen LogP contribution is 2.36. The fourth-order valence-electron chi connectivity index (χ4n) is 5.63. The molecule has 0 aromatic carbocycles. The predicted molar refractivity (Wildman–Crippen MR) is 148 cm³/mol. The van der Waals surface area contributed by atoms with Gasteiger partial charge in [-0.25, -0.2) is 9.97 Å². The second-order valence-electron chi connectivity index (χ2n) is 9.86. The van der Waals surface area contributed by atoms with Crippen molar-refractivity contribution in [3.63, 3.8) is 0 Å². The Labute approximate surface area is 225 Å². The quantitative estimate of drug-likeness (QED) is 0.369. The number of hydrogen-bond acceptors (Lipinski definition) is 9. The lowest BCUT2D eigenvalue weighted by molar-refractivity contribution is 0.0993. The molecule has 0 N–H and O–H groups in total. The Kier molecular flexibility index (Phi) is 6.91. The van der Waals surface area contributed by atoms with Crippen molar-refractivity contribution in [2.45, 2.75) is 65.2 Å². The first-order valence-corrected chi connectivity index (χ1v) is 13.8. The van der Waals surface area contributed by atoms with Gasteiger partial charge in [0.2, 0.25) is 0 Å². The molecule has 3 atom stereocenters. The van der Waals surface area contributed by atoms with E-state index in [0.717, 1.165) is 40.4 Å². The minimum Gasteiger partial charge on any atom is -0.363 e. The first-order valence-electron chi connectivity index (χ1n) is 12.9. The van der Waals surface area contributed by atoms with Gasteiger partial charge >= 0.3 is 0 Å². The van der Waals surface area contributed by atoms with E-state index < -0.39 is 0 Å². The molecule has 1 aliphatic rings. The molecule has 38 heavy (non-hydrogen) atoms. The first-order chi connectivity index (χ1) is 18.3. The number of aryl methyl sites for hydroxylation is 2. The van der Waals surface area contributed by atoms with Crippen LogP contribution in [-0.4, -0.2) is 54.4 Å². The molecule has 1 saturated heterocycles. The minimum atomic E-state index is -0.345. The maximum atomic E-state index is 13.2. The predicted octanol–water partition coefficient (Wildman–Crippen LogP) is 3.88. The van der Waals surface area contributed by atoms with Crippen LogP contribution in [0.3, 0.4) is 0 Å². The largest absolute Gasteiger partial charge is 0.363 e. The number of hydrogen-bond donors (Lipinski definition) is 0. The average molecular weight is 530 g/mol. The molecule has 4 aromatic heterocycles. The third-order valence-corrected chi connectivity index (χ3v) is 8.59. The minimum absolute atomic E-state index is 0.0677. The summed E-state index contributed by atoms with van der Waals surface area (Å²) in [6, 6.07) is 8.76. The number of pyridine rings is 2. The van der Waals surface area contributed by atoms with E-state index >= 15 is 0 Å². The van der Waals surface area contributed by atoms with Crippen molar-refractivity contribution in [3.05, 3.63) is 44.9 Å². The number of piperazine rings is 1. The van der Waals surface area contributed by atoms with Crippen molar-refractivity contribution < 1.29 is 0 Å². The van der Waals surface area contributed by atoms with Gasteiger partial charge in [0.1, 0.15) is 34.0 Å². The van der Waals surface area contributed by atoms with Gasteiger partial charge in [0.05, 0.1) is 34.2 Å². The molecule has 1 fully saturated rings.